The van der Waals surface area contributed by atoms with Crippen LogP contribution in [0.1, 0.15) is 37.6 Å². The minimum atomic E-state index is -0.860. The van der Waals surface area contributed by atoms with Crippen molar-refractivity contribution in [1.29, 1.82) is 0 Å². The highest BCUT2D eigenvalue weighted by Crippen LogP contribution is 2.22. The van der Waals surface area contributed by atoms with Gasteiger partial charge in [-0.25, -0.2) is 9.97 Å². The molecule has 0 aliphatic carbocycles. The summed E-state index contributed by atoms with van der Waals surface area (Å²) in [5, 5.41) is 2.70. The van der Waals surface area contributed by atoms with Crippen molar-refractivity contribution >= 4 is 11.3 Å². The van der Waals surface area contributed by atoms with Gasteiger partial charge >= 0.3 is 0 Å². The van der Waals surface area contributed by atoms with Gasteiger partial charge in [0.05, 0.1) is 24.8 Å². The van der Waals surface area contributed by atoms with Gasteiger partial charge in [0, 0.05) is 12.0 Å². The van der Waals surface area contributed by atoms with Crippen LogP contribution in [0.2, 0.25) is 0 Å². The number of rotatable bonds is 6. The van der Waals surface area contributed by atoms with Crippen molar-refractivity contribution in [3.8, 4) is 0 Å². The van der Waals surface area contributed by atoms with Gasteiger partial charge in [-0.15, -0.1) is 11.3 Å². The van der Waals surface area contributed by atoms with E-state index >= 15 is 0 Å². The molecule has 0 aromatic carbocycles. The lowest BCUT2D eigenvalue weighted by Crippen LogP contribution is -2.23. The lowest BCUT2D eigenvalue weighted by atomic mass is 10.2. The van der Waals surface area contributed by atoms with Crippen molar-refractivity contribution in [3.05, 3.63) is 44.8 Å². The summed E-state index contributed by atoms with van der Waals surface area (Å²) in [4.78, 5) is 19.7. The van der Waals surface area contributed by atoms with E-state index in [0.717, 1.165) is 11.2 Å². The highest BCUT2D eigenvalue weighted by atomic mass is 32.1. The molecule has 2 aromatic rings. The molecular formula is C14H18FN3O2S. The minimum Gasteiger partial charge on any atom is -0.371 e. The van der Waals surface area contributed by atoms with Crippen LogP contribution in [0, 0.1) is 11.7 Å². The molecule has 0 N–H and O–H groups in total. The van der Waals surface area contributed by atoms with Gasteiger partial charge in [-0.3, -0.25) is 9.36 Å². The first-order chi connectivity index (χ1) is 9.97. The van der Waals surface area contributed by atoms with E-state index in [0.29, 0.717) is 18.2 Å². The molecule has 2 rings (SSSR count). The number of hydrogen-bond donors (Lipinski definition) is 0. The molecule has 0 fully saturated rings. The molecule has 1 unspecified atom stereocenters. The molecule has 0 bridgehead atoms. The largest absolute Gasteiger partial charge is 0.371 e. The van der Waals surface area contributed by atoms with Gasteiger partial charge in [-0.1, -0.05) is 13.8 Å². The van der Waals surface area contributed by atoms with Crippen molar-refractivity contribution in [1.82, 2.24) is 14.5 Å². The summed E-state index contributed by atoms with van der Waals surface area (Å²) in [6, 6.07) is 0. The Morgan fingerprint density at radius 1 is 1.43 bits per heavy atom. The van der Waals surface area contributed by atoms with Crippen LogP contribution in [-0.2, 0) is 11.3 Å². The van der Waals surface area contributed by atoms with Crippen molar-refractivity contribution in [2.75, 3.05) is 6.61 Å². The predicted molar refractivity (Wildman–Crippen MR) is 78.9 cm³/mol. The zero-order valence-corrected chi connectivity index (χ0v) is 13.1. The van der Waals surface area contributed by atoms with Gasteiger partial charge in [-0.2, -0.15) is 4.39 Å². The maximum Gasteiger partial charge on any atom is 0.289 e. The summed E-state index contributed by atoms with van der Waals surface area (Å²) in [6.45, 7) is 6.99. The Kier molecular flexibility index (Phi) is 5.19. The van der Waals surface area contributed by atoms with Crippen LogP contribution in [-0.4, -0.2) is 21.1 Å². The monoisotopic (exact) mass is 311 g/mol. The van der Waals surface area contributed by atoms with E-state index in [9.17, 15) is 9.18 Å². The predicted octanol–water partition coefficient (Wildman–Crippen LogP) is 2.62. The molecule has 21 heavy (non-hydrogen) atoms. The summed E-state index contributed by atoms with van der Waals surface area (Å²) >= 11 is 1.47. The van der Waals surface area contributed by atoms with Crippen LogP contribution in [0.25, 0.3) is 0 Å². The number of halogens is 1. The second-order valence-corrected chi connectivity index (χ2v) is 6.11. The molecule has 0 spiro atoms. The molecule has 114 valence electrons. The fourth-order valence-electron chi connectivity index (χ4n) is 1.70. The van der Waals surface area contributed by atoms with Crippen LogP contribution < -0.4 is 5.56 Å². The molecule has 2 heterocycles. The molecule has 0 aliphatic heterocycles. The summed E-state index contributed by atoms with van der Waals surface area (Å²) in [5.74, 6) is -0.398. The van der Waals surface area contributed by atoms with Gasteiger partial charge < -0.3 is 4.74 Å². The Hall–Kier alpha value is -1.60. The molecule has 1 atom stereocenters. The maximum atomic E-state index is 13.2. The number of ether oxygens (including phenoxy) is 1. The summed E-state index contributed by atoms with van der Waals surface area (Å²) in [6.07, 6.45) is 2.13. The molecule has 0 saturated carbocycles. The van der Waals surface area contributed by atoms with Gasteiger partial charge in [0.25, 0.3) is 5.56 Å². The van der Waals surface area contributed by atoms with Gasteiger partial charge in [0.2, 0.25) is 5.82 Å². The van der Waals surface area contributed by atoms with Crippen molar-refractivity contribution in [3.63, 3.8) is 0 Å². The Bertz CT molecular complexity index is 654. The standard InChI is InChI=1S/C14H18FN3O2S/c1-9(2)6-20-10(3)13-17-11(7-21-13)5-18-8-16-4-12(15)14(18)19/h4,7-10H,5-6H2,1-3H3. The topological polar surface area (TPSA) is 57.0 Å². The van der Waals surface area contributed by atoms with Crippen molar-refractivity contribution in [2.45, 2.75) is 33.4 Å². The summed E-state index contributed by atoms with van der Waals surface area (Å²) in [5.41, 5.74) is 0.00755. The number of nitrogens with zero attached hydrogens (tertiary/aromatic N) is 3. The highest BCUT2D eigenvalue weighted by molar-refractivity contribution is 7.09. The fourth-order valence-corrected chi connectivity index (χ4v) is 2.51. The van der Waals surface area contributed by atoms with E-state index in [1.54, 1.807) is 0 Å². The van der Waals surface area contributed by atoms with Gasteiger partial charge in [0.1, 0.15) is 11.1 Å². The zero-order chi connectivity index (χ0) is 15.4. The average molecular weight is 311 g/mol. The van der Waals surface area contributed by atoms with Gasteiger partial charge in [-0.05, 0) is 12.8 Å². The Morgan fingerprint density at radius 2 is 2.19 bits per heavy atom. The van der Waals surface area contributed by atoms with E-state index in [4.69, 9.17) is 4.74 Å². The Balaban J connectivity index is 2.06. The molecule has 0 radical (unpaired) electrons. The molecule has 0 aliphatic rings. The minimum absolute atomic E-state index is 0.0893. The average Bonchev–Trinajstić information content (AvgIpc) is 2.90. The Labute approximate surface area is 126 Å². The number of aromatic nitrogens is 3. The third kappa shape index (κ3) is 4.18. The van der Waals surface area contributed by atoms with Crippen molar-refractivity contribution in [2.24, 2.45) is 5.92 Å². The quantitative estimate of drug-likeness (QED) is 0.823. The fraction of sp³-hybridized carbons (Fsp3) is 0.500. The molecule has 0 saturated heterocycles. The van der Waals surface area contributed by atoms with Crippen LogP contribution >= 0.6 is 11.3 Å². The van der Waals surface area contributed by atoms with Crippen molar-refractivity contribution < 1.29 is 9.13 Å². The lowest BCUT2D eigenvalue weighted by molar-refractivity contribution is 0.0467. The van der Waals surface area contributed by atoms with E-state index in [-0.39, 0.29) is 12.6 Å². The zero-order valence-electron chi connectivity index (χ0n) is 12.2. The third-order valence-corrected chi connectivity index (χ3v) is 3.84. The lowest BCUT2D eigenvalue weighted by Gasteiger charge is -2.12. The molecule has 2 aromatic heterocycles. The maximum absolute atomic E-state index is 13.2. The second kappa shape index (κ2) is 6.91. The smallest absolute Gasteiger partial charge is 0.289 e. The van der Waals surface area contributed by atoms with Crippen LogP contribution in [0.15, 0.2) is 22.7 Å². The number of thiazole rings is 1. The molecular weight excluding hydrogens is 293 g/mol. The third-order valence-electron chi connectivity index (χ3n) is 2.79. The van der Waals surface area contributed by atoms with Crippen LogP contribution in [0.3, 0.4) is 0 Å². The Morgan fingerprint density at radius 3 is 2.90 bits per heavy atom. The SMILES string of the molecule is CC(C)COC(C)c1nc(Cn2cncc(F)c2=O)cs1. The normalized spacial score (nSPS) is 12.8. The van der Waals surface area contributed by atoms with Crippen LogP contribution in [0.4, 0.5) is 4.39 Å². The molecule has 0 amide bonds. The molecule has 5 nitrogen and oxygen atoms in total. The highest BCUT2D eigenvalue weighted by Gasteiger charge is 2.13. The van der Waals surface area contributed by atoms with E-state index < -0.39 is 11.4 Å². The second-order valence-electron chi connectivity index (χ2n) is 5.22. The summed E-state index contributed by atoms with van der Waals surface area (Å²) < 4.78 is 20.1. The molecule has 7 heteroatoms. The first-order valence-corrected chi connectivity index (χ1v) is 7.61. The van der Waals surface area contributed by atoms with Crippen LogP contribution in [0.5, 0.6) is 0 Å². The van der Waals surface area contributed by atoms with E-state index in [1.165, 1.54) is 22.2 Å². The van der Waals surface area contributed by atoms with E-state index in [1.807, 2.05) is 12.3 Å². The summed E-state index contributed by atoms with van der Waals surface area (Å²) in [7, 11) is 0. The van der Waals surface area contributed by atoms with E-state index in [2.05, 4.69) is 23.8 Å². The first-order valence-electron chi connectivity index (χ1n) is 6.73. The number of hydrogen-bond acceptors (Lipinski definition) is 5. The first kappa shape index (κ1) is 15.8. The van der Waals surface area contributed by atoms with Gasteiger partial charge in [0.15, 0.2) is 0 Å².